The van der Waals surface area contributed by atoms with Gasteiger partial charge in [0.1, 0.15) is 22.9 Å². The average Bonchev–Trinajstić information content (AvgIpc) is 1.62. The number of aliphatic hydroxyl groups is 5. The van der Waals surface area contributed by atoms with Crippen molar-refractivity contribution < 1.29 is 75.6 Å². The zero-order valence-electron chi connectivity index (χ0n) is 64.7. The molecule has 5 aromatic carbocycles. The minimum Gasteiger partial charge on any atom is -0.497 e. The molecule has 26 heteroatoms. The number of halogens is 6. The molecule has 0 fully saturated rings. The van der Waals surface area contributed by atoms with Crippen LogP contribution in [0.2, 0.25) is 0 Å². The van der Waals surface area contributed by atoms with Crippen LogP contribution < -0.4 is 28.6 Å². The van der Waals surface area contributed by atoms with Gasteiger partial charge in [0.05, 0.1) is 97.5 Å². The van der Waals surface area contributed by atoms with Gasteiger partial charge in [0.2, 0.25) is 0 Å². The van der Waals surface area contributed by atoms with E-state index in [4.69, 9.17) is 49.2 Å². The van der Waals surface area contributed by atoms with Crippen LogP contribution in [0.1, 0.15) is 112 Å². The Morgan fingerprint density at radius 2 is 0.894 bits per heavy atom. The molecule has 0 aliphatic rings. The first kappa shape index (κ1) is 92.3. The fourth-order valence-corrected chi connectivity index (χ4v) is 9.02. The molecule has 0 saturated heterocycles. The number of rotatable bonds is 11. The quantitative estimate of drug-likeness (QED) is 0.0757. The van der Waals surface area contributed by atoms with Crippen LogP contribution in [0.5, 0.6) is 28.7 Å². The number of pyridine rings is 1. The molecule has 5 N–H and O–H groups in total. The number of ether oxygens (including phenoxy) is 5. The summed E-state index contributed by atoms with van der Waals surface area (Å²) in [6, 6.07) is 36.7. The molecule has 0 amide bonds. The molecule has 10 rings (SSSR count). The van der Waals surface area contributed by atoms with Gasteiger partial charge in [-0.3, -0.25) is 23.7 Å². The van der Waals surface area contributed by atoms with Crippen LogP contribution >= 0.6 is 0 Å². The summed E-state index contributed by atoms with van der Waals surface area (Å²) in [6.07, 6.45) is -7.82. The number of aromatic nitrogens is 9. The van der Waals surface area contributed by atoms with Gasteiger partial charge in [0.15, 0.2) is 17.2 Å². The zero-order chi connectivity index (χ0) is 79.4. The Morgan fingerprint density at radius 3 is 1.23 bits per heavy atom. The zero-order valence-corrected chi connectivity index (χ0v) is 64.7. The number of hydrogen-bond donors (Lipinski definition) is 5. The lowest BCUT2D eigenvalue weighted by Crippen LogP contribution is -2.11. The lowest BCUT2D eigenvalue weighted by molar-refractivity contribution is -0.144. The molecule has 0 spiro atoms. The van der Waals surface area contributed by atoms with Gasteiger partial charge in [-0.1, -0.05) is 54.6 Å². The van der Waals surface area contributed by atoms with Crippen molar-refractivity contribution >= 4 is 5.69 Å². The molecule has 572 valence electrons. The van der Waals surface area contributed by atoms with Crippen LogP contribution in [0.3, 0.4) is 0 Å². The van der Waals surface area contributed by atoms with Crippen molar-refractivity contribution in [3.63, 3.8) is 0 Å². The maximum absolute atomic E-state index is 12.0. The summed E-state index contributed by atoms with van der Waals surface area (Å²) in [5, 5.41) is 59.7. The molecular formula is C78H108F6N10O10. The Hall–Kier alpha value is -9.73. The standard InChI is InChI=1S/C10H14O3.3C9H12O2.C8H12N2.C8H10O.C7H12N2.C6H4F6N2.2C6H10N2/c1-7-4-5-9(12-2)10(13-3)8(7)6-11;1-7-5-9(11-2)4-3-8(7)6-10;1-7-3-4-9(11-2)5-8(7)6-10;1-7-4-3-5-9(11-2)8(7)6-10;1-7-4-5-8(6-9-7)10(2)3;1-7-4-2-3-5-8(7)6-9;1-5-6(2)8-9(4)7(5)3;1-14-4(6(10,11)12)2-3(13-14)5(7,8)9;2*1-5-4-6(2)8(3)7-5/h4-5,11H,6H2,1-3H3;3*3-5,10H,6H2,1-2H3;4-6H,1-3H3;2-5,9H,6H2,1H3;1-4H3;2H,1H3;2*4H,1-3H3. The van der Waals surface area contributed by atoms with Crippen molar-refractivity contribution in [3.8, 4) is 28.7 Å². The highest BCUT2D eigenvalue weighted by atomic mass is 19.4. The SMILES string of the molecule is COc1ccc(C)c(CO)c1.COc1ccc(C)c(CO)c1OC.COc1ccc(CO)c(C)c1.COc1cccc(C)c1CO.Cc1cc(C)n(C)n1.Cc1cc(C)n(C)n1.Cc1ccc(N(C)C)cn1.Cc1ccccc1CO.Cc1nn(C)c(C)c1C.Cn1nc(C(F)(F)F)cc1C(F)(F)F. The van der Waals surface area contributed by atoms with E-state index in [0.29, 0.717) is 11.5 Å². The van der Waals surface area contributed by atoms with Gasteiger partial charge in [-0.05, 0) is 201 Å². The summed E-state index contributed by atoms with van der Waals surface area (Å²) in [6.45, 7) is 26.4. The Bertz CT molecular complexity index is 4020. The Labute approximate surface area is 609 Å². The second kappa shape index (κ2) is 46.1. The first-order valence-electron chi connectivity index (χ1n) is 32.7. The predicted molar refractivity (Wildman–Crippen MR) is 398 cm³/mol. The Kier molecular flexibility index (Phi) is 40.9. The van der Waals surface area contributed by atoms with Gasteiger partial charge in [-0.25, -0.2) is 0 Å². The fourth-order valence-electron chi connectivity index (χ4n) is 9.02. The molecule has 20 nitrogen and oxygen atoms in total. The first-order chi connectivity index (χ1) is 48.8. The van der Waals surface area contributed by atoms with Crippen molar-refractivity contribution in [3.05, 3.63) is 240 Å². The summed E-state index contributed by atoms with van der Waals surface area (Å²) in [5.74, 6) is 3.65. The van der Waals surface area contributed by atoms with E-state index in [0.717, 1.165) is 108 Å². The Balaban J connectivity index is 0.000000580. The van der Waals surface area contributed by atoms with Crippen LogP contribution in [0.15, 0.2) is 128 Å². The lowest BCUT2D eigenvalue weighted by Gasteiger charge is -2.13. The predicted octanol–water partition coefficient (Wildman–Crippen LogP) is 14.8. The fraction of sp³-hybridized carbons (Fsp3) is 0.397. The molecule has 0 aliphatic heterocycles. The summed E-state index contributed by atoms with van der Waals surface area (Å²) in [5.41, 5.74) is 17.4. The second-order valence-electron chi connectivity index (χ2n) is 23.8. The smallest absolute Gasteiger partial charge is 0.435 e. The number of hydrogen-bond acceptors (Lipinski definition) is 16. The van der Waals surface area contributed by atoms with Crippen molar-refractivity contribution in [2.75, 3.05) is 54.5 Å². The molecule has 0 saturated carbocycles. The van der Waals surface area contributed by atoms with E-state index >= 15 is 0 Å². The number of nitrogens with zero attached hydrogens (tertiary/aromatic N) is 10. The monoisotopic (exact) mass is 1460 g/mol. The van der Waals surface area contributed by atoms with Gasteiger partial charge < -0.3 is 54.1 Å². The molecule has 0 radical (unpaired) electrons. The number of methoxy groups -OCH3 is 5. The van der Waals surface area contributed by atoms with Gasteiger partial charge >= 0.3 is 12.4 Å². The molecule has 0 atom stereocenters. The number of aliphatic hydroxyl groups excluding tert-OH is 5. The highest BCUT2D eigenvalue weighted by molar-refractivity contribution is 5.50. The molecular weight excluding hydrogens is 1350 g/mol. The Morgan fingerprint density at radius 1 is 0.404 bits per heavy atom. The number of aryl methyl sites for hydroxylation is 15. The lowest BCUT2D eigenvalue weighted by atomic mass is 10.1. The molecule has 10 aromatic rings. The molecule has 5 aromatic heterocycles. The van der Waals surface area contributed by atoms with E-state index in [2.05, 4.69) is 57.4 Å². The summed E-state index contributed by atoms with van der Waals surface area (Å²) in [4.78, 5) is 6.19. The van der Waals surface area contributed by atoms with Gasteiger partial charge in [0, 0.05) is 82.3 Å². The summed E-state index contributed by atoms with van der Waals surface area (Å²) >= 11 is 0. The van der Waals surface area contributed by atoms with Crippen molar-refractivity contribution in [2.45, 2.75) is 135 Å². The number of anilines is 1. The van der Waals surface area contributed by atoms with Crippen molar-refractivity contribution in [1.29, 1.82) is 0 Å². The van der Waals surface area contributed by atoms with Crippen LogP contribution in [0.4, 0.5) is 32.0 Å². The third kappa shape index (κ3) is 31.5. The minimum atomic E-state index is -4.86. The first-order valence-corrected chi connectivity index (χ1v) is 32.7. The van der Waals surface area contributed by atoms with Crippen LogP contribution in [-0.2, 0) is 73.6 Å². The normalized spacial score (nSPS) is 10.3. The highest BCUT2D eigenvalue weighted by Crippen LogP contribution is 2.35. The molecule has 0 aliphatic carbocycles. The maximum Gasteiger partial charge on any atom is 0.435 e. The number of alkyl halides is 6. The van der Waals surface area contributed by atoms with Crippen LogP contribution in [0.25, 0.3) is 0 Å². The number of benzene rings is 5. The maximum atomic E-state index is 12.0. The van der Waals surface area contributed by atoms with Gasteiger partial charge in [-0.15, -0.1) is 0 Å². The van der Waals surface area contributed by atoms with Crippen LogP contribution in [0, 0.1) is 90.0 Å². The average molecular weight is 1460 g/mol. The molecule has 5 heterocycles. The second-order valence-corrected chi connectivity index (χ2v) is 23.8. The van der Waals surface area contributed by atoms with Gasteiger partial charge in [-0.2, -0.15) is 46.7 Å². The largest absolute Gasteiger partial charge is 0.497 e. The van der Waals surface area contributed by atoms with Crippen molar-refractivity contribution in [2.24, 2.45) is 28.2 Å². The van der Waals surface area contributed by atoms with E-state index in [9.17, 15) is 26.3 Å². The van der Waals surface area contributed by atoms with E-state index in [1.807, 2.05) is 234 Å². The third-order valence-electron chi connectivity index (χ3n) is 15.9. The van der Waals surface area contributed by atoms with E-state index in [1.54, 1.807) is 35.5 Å². The van der Waals surface area contributed by atoms with Gasteiger partial charge in [0.25, 0.3) is 0 Å². The molecule has 104 heavy (non-hydrogen) atoms. The van der Waals surface area contributed by atoms with E-state index < -0.39 is 23.7 Å². The summed E-state index contributed by atoms with van der Waals surface area (Å²) < 4.78 is 103. The minimum absolute atomic E-state index is 0.0278. The molecule has 0 bridgehead atoms. The van der Waals surface area contributed by atoms with E-state index in [1.165, 1.54) is 22.6 Å². The topological polar surface area (TPSA) is 235 Å². The van der Waals surface area contributed by atoms with E-state index in [-0.39, 0.29) is 43.8 Å². The highest BCUT2D eigenvalue weighted by Gasteiger charge is 2.41. The van der Waals surface area contributed by atoms with Crippen LogP contribution in [-0.4, -0.2) is 119 Å². The molecule has 0 unspecified atom stereocenters. The third-order valence-corrected chi connectivity index (χ3v) is 15.9. The van der Waals surface area contributed by atoms with Crippen molar-refractivity contribution in [1.82, 2.24) is 44.1 Å². The summed E-state index contributed by atoms with van der Waals surface area (Å²) in [7, 11) is 18.7.